The van der Waals surface area contributed by atoms with Crippen molar-refractivity contribution < 1.29 is 37.3 Å². The molecule has 2 aromatic heterocycles. The third-order valence-electron chi connectivity index (χ3n) is 7.02. The summed E-state index contributed by atoms with van der Waals surface area (Å²) in [4.78, 5) is 16.4. The number of imidazole rings is 1. The molecular formula is C28H31F3N4O5Si. The summed E-state index contributed by atoms with van der Waals surface area (Å²) in [5, 5.41) is 19.2. The minimum absolute atomic E-state index is 0.0283. The lowest BCUT2D eigenvalue weighted by atomic mass is 9.87. The zero-order valence-corrected chi connectivity index (χ0v) is 24.6. The Labute approximate surface area is 235 Å². The van der Waals surface area contributed by atoms with E-state index in [9.17, 15) is 15.2 Å². The van der Waals surface area contributed by atoms with Crippen LogP contribution in [0.15, 0.2) is 36.5 Å². The molecule has 0 bridgehead atoms. The van der Waals surface area contributed by atoms with Crippen molar-refractivity contribution in [1.29, 1.82) is 5.26 Å². The zero-order chi connectivity index (χ0) is 30.3. The molecule has 0 saturated heterocycles. The van der Waals surface area contributed by atoms with Crippen molar-refractivity contribution in [3.8, 4) is 11.8 Å². The van der Waals surface area contributed by atoms with Gasteiger partial charge in [-0.25, -0.2) is 9.78 Å². The maximum Gasteiger partial charge on any atom is 0.429 e. The first-order chi connectivity index (χ1) is 19.2. The van der Waals surface area contributed by atoms with Gasteiger partial charge in [0.15, 0.2) is 5.82 Å². The Bertz CT molecular complexity index is 1670. The van der Waals surface area contributed by atoms with E-state index in [1.807, 2.05) is 6.07 Å². The lowest BCUT2D eigenvalue weighted by Gasteiger charge is -2.36. The summed E-state index contributed by atoms with van der Waals surface area (Å²) >= 11 is 0. The highest BCUT2D eigenvalue weighted by molar-refractivity contribution is 6.76. The highest BCUT2D eigenvalue weighted by Crippen LogP contribution is 2.53. The quantitative estimate of drug-likeness (QED) is 0.176. The molecule has 1 unspecified atom stereocenters. The van der Waals surface area contributed by atoms with Gasteiger partial charge in [-0.1, -0.05) is 19.6 Å². The molecule has 4 aromatic rings. The number of fused-ring (bicyclic) bond motifs is 2. The minimum atomic E-state index is -5.11. The summed E-state index contributed by atoms with van der Waals surface area (Å²) in [5.74, 6) is -0.703. The van der Waals surface area contributed by atoms with Crippen molar-refractivity contribution in [1.82, 2.24) is 14.1 Å². The molecule has 0 fully saturated rings. The van der Waals surface area contributed by atoms with Gasteiger partial charge in [-0.05, 0) is 48.9 Å². The van der Waals surface area contributed by atoms with Crippen LogP contribution >= 0.6 is 0 Å². The number of nitrogens with zero attached hydrogens (tertiary/aromatic N) is 4. The number of halogens is 3. The molecule has 2 heterocycles. The number of benzene rings is 2. The van der Waals surface area contributed by atoms with E-state index < -0.39 is 37.3 Å². The highest BCUT2D eigenvalue weighted by atomic mass is 28.3. The summed E-state index contributed by atoms with van der Waals surface area (Å²) in [6, 6.07) is 9.82. The number of hydrogen-bond donors (Lipinski definition) is 1. The molecule has 0 aliphatic rings. The summed E-state index contributed by atoms with van der Waals surface area (Å²) in [5.41, 5.74) is -2.54. The van der Waals surface area contributed by atoms with Crippen LogP contribution in [-0.2, 0) is 21.8 Å². The molecular weight excluding hydrogens is 557 g/mol. The van der Waals surface area contributed by atoms with E-state index in [-0.39, 0.29) is 40.0 Å². The molecule has 13 heteroatoms. The molecule has 1 atom stereocenters. The van der Waals surface area contributed by atoms with Gasteiger partial charge in [0, 0.05) is 33.4 Å². The van der Waals surface area contributed by atoms with Crippen molar-refractivity contribution in [2.75, 3.05) is 20.8 Å². The molecule has 0 saturated carbocycles. The Morgan fingerprint density at radius 1 is 1.17 bits per heavy atom. The van der Waals surface area contributed by atoms with Crippen LogP contribution in [0.3, 0.4) is 0 Å². The minimum Gasteiger partial charge on any atom is -0.496 e. The predicted molar refractivity (Wildman–Crippen MR) is 149 cm³/mol. The lowest BCUT2D eigenvalue weighted by Crippen LogP contribution is -2.47. The average molecular weight is 589 g/mol. The van der Waals surface area contributed by atoms with Gasteiger partial charge in [0.05, 0.1) is 40.9 Å². The second-order valence-electron chi connectivity index (χ2n) is 10.9. The van der Waals surface area contributed by atoms with E-state index >= 15 is 13.2 Å². The summed E-state index contributed by atoms with van der Waals surface area (Å²) in [7, 11) is 0.646. The molecule has 0 aliphatic carbocycles. The van der Waals surface area contributed by atoms with E-state index in [0.717, 1.165) is 17.7 Å². The van der Waals surface area contributed by atoms with Crippen molar-refractivity contribution in [2.45, 2.75) is 51.1 Å². The van der Waals surface area contributed by atoms with Crippen molar-refractivity contribution >= 4 is 36.1 Å². The van der Waals surface area contributed by atoms with Crippen LogP contribution in [0.4, 0.5) is 18.0 Å². The first kappa shape index (κ1) is 30.1. The van der Waals surface area contributed by atoms with E-state index in [1.165, 1.54) is 48.2 Å². The smallest absolute Gasteiger partial charge is 0.429 e. The number of aromatic nitrogens is 3. The maximum absolute atomic E-state index is 15.6. The van der Waals surface area contributed by atoms with Gasteiger partial charge in [-0.15, -0.1) is 0 Å². The van der Waals surface area contributed by atoms with Gasteiger partial charge >= 0.3 is 12.3 Å². The fourth-order valence-electron chi connectivity index (χ4n) is 5.01. The molecule has 1 N–H and O–H groups in total. The summed E-state index contributed by atoms with van der Waals surface area (Å²) in [6.45, 7) is 8.08. The normalized spacial score (nSPS) is 13.9. The van der Waals surface area contributed by atoms with Gasteiger partial charge in [-0.3, -0.25) is 4.57 Å². The number of aryl methyl sites for hydroxylation is 1. The lowest BCUT2D eigenvalue weighted by molar-refractivity contribution is -0.262. The van der Waals surface area contributed by atoms with Gasteiger partial charge in [0.1, 0.15) is 12.5 Å². The maximum atomic E-state index is 15.6. The molecule has 9 nitrogen and oxygen atoms in total. The highest BCUT2D eigenvalue weighted by Gasteiger charge is 2.63. The average Bonchev–Trinajstić information content (AvgIpc) is 3.49. The first-order valence-corrected chi connectivity index (χ1v) is 16.4. The zero-order valence-electron chi connectivity index (χ0n) is 23.6. The Balaban J connectivity index is 2.10. The monoisotopic (exact) mass is 588 g/mol. The van der Waals surface area contributed by atoms with E-state index in [4.69, 9.17) is 14.2 Å². The molecule has 218 valence electrons. The van der Waals surface area contributed by atoms with Crippen LogP contribution in [0.25, 0.3) is 21.9 Å². The molecule has 4 rings (SSSR count). The van der Waals surface area contributed by atoms with Crippen LogP contribution in [0.5, 0.6) is 5.75 Å². The molecule has 0 radical (unpaired) electrons. The van der Waals surface area contributed by atoms with Crippen LogP contribution in [-0.4, -0.2) is 60.4 Å². The second-order valence-corrected chi connectivity index (χ2v) is 16.5. The first-order valence-electron chi connectivity index (χ1n) is 12.7. The molecule has 0 aliphatic heterocycles. The van der Waals surface area contributed by atoms with Crippen LogP contribution in [0.2, 0.25) is 25.7 Å². The Hall–Kier alpha value is -3.86. The summed E-state index contributed by atoms with van der Waals surface area (Å²) < 4.78 is 65.8. The number of carbonyl (C=O) groups is 1. The van der Waals surface area contributed by atoms with E-state index in [0.29, 0.717) is 12.2 Å². The van der Waals surface area contributed by atoms with Gasteiger partial charge in [-0.2, -0.15) is 18.4 Å². The fourth-order valence-corrected chi connectivity index (χ4v) is 5.76. The number of methoxy groups -OCH3 is 2. The van der Waals surface area contributed by atoms with Crippen molar-refractivity contribution in [3.05, 3.63) is 59.0 Å². The number of carboxylic acid groups (broad SMARTS) is 1. The number of nitriles is 1. The molecule has 41 heavy (non-hydrogen) atoms. The van der Waals surface area contributed by atoms with Crippen molar-refractivity contribution in [3.63, 3.8) is 0 Å². The Kier molecular flexibility index (Phi) is 7.96. The number of rotatable bonds is 9. The third kappa shape index (κ3) is 5.18. The van der Waals surface area contributed by atoms with Crippen LogP contribution in [0, 0.1) is 18.3 Å². The SMILES string of the molecule is COc1cc(C)c2c(ccn2C(=O)O)c1C(OC)(c1nc2ccc(C#N)cc2n1COCC[Si](C)(C)C)C(F)(F)F. The number of hydrogen-bond acceptors (Lipinski definition) is 6. The largest absolute Gasteiger partial charge is 0.496 e. The Morgan fingerprint density at radius 3 is 2.44 bits per heavy atom. The third-order valence-corrected chi connectivity index (χ3v) is 8.72. The number of ether oxygens (including phenoxy) is 3. The fraction of sp³-hybridized carbons (Fsp3) is 0.393. The second kappa shape index (κ2) is 10.8. The Morgan fingerprint density at radius 2 is 1.88 bits per heavy atom. The van der Waals surface area contributed by atoms with Gasteiger partial charge < -0.3 is 23.9 Å². The molecule has 0 amide bonds. The molecule has 2 aromatic carbocycles. The predicted octanol–water partition coefficient (Wildman–Crippen LogP) is 6.47. The van der Waals surface area contributed by atoms with Crippen LogP contribution < -0.4 is 4.74 Å². The topological polar surface area (TPSA) is 112 Å². The van der Waals surface area contributed by atoms with Crippen LogP contribution in [0.1, 0.15) is 22.5 Å². The van der Waals surface area contributed by atoms with Gasteiger partial charge in [0.2, 0.25) is 0 Å². The summed E-state index contributed by atoms with van der Waals surface area (Å²) in [6.07, 6.45) is -5.29. The molecule has 0 spiro atoms. The van der Waals surface area contributed by atoms with E-state index in [2.05, 4.69) is 24.6 Å². The van der Waals surface area contributed by atoms with Gasteiger partial charge in [0.25, 0.3) is 5.60 Å². The van der Waals surface area contributed by atoms with E-state index in [1.54, 1.807) is 6.92 Å². The van der Waals surface area contributed by atoms with Crippen molar-refractivity contribution in [2.24, 2.45) is 0 Å². The standard InChI is InChI=1S/C28H31F3N4O5Si/c1-17-13-22(38-2)23(19-9-10-34(24(17)19)26(36)37)27(39-3,28(29,30)31)25-33-20-8-7-18(15-32)14-21(20)35(25)16-40-11-12-41(4,5)6/h7-10,13-14H,11-12,16H2,1-6H3,(H,36,37). The number of alkyl halides is 3.